The minimum atomic E-state index is -0.468. The summed E-state index contributed by atoms with van der Waals surface area (Å²) >= 11 is 5.37. The molecule has 0 radical (unpaired) electrons. The Hall–Kier alpha value is -3.71. The zero-order valence-corrected chi connectivity index (χ0v) is 17.8. The minimum absolute atomic E-state index is 0.262. The molecule has 0 fully saturated rings. The molecule has 31 heavy (non-hydrogen) atoms. The maximum absolute atomic E-state index is 13.2. The summed E-state index contributed by atoms with van der Waals surface area (Å²) in [7, 11) is 0. The van der Waals surface area contributed by atoms with Crippen LogP contribution in [0.15, 0.2) is 90.3 Å². The number of hydrogen-bond acceptors (Lipinski definition) is 4. The van der Waals surface area contributed by atoms with Crippen LogP contribution in [-0.4, -0.2) is 16.0 Å². The van der Waals surface area contributed by atoms with Crippen molar-refractivity contribution in [2.75, 3.05) is 5.32 Å². The standard InChI is InChI=1S/C24H22N4O2S/c1-16-21(23(29)27-20-13-7-8-14-25-20)22(28-24(31)26-16)18-11-5-6-12-19(18)30-15-17-9-3-2-4-10-17/h2-14,22H,15H2,1H3,(H,25,27,29)(H2,26,28,31)/t22-/m1/s1. The normalized spacial score (nSPS) is 15.6. The number of nitrogens with one attached hydrogen (secondary N) is 3. The van der Waals surface area contributed by atoms with Crippen LogP contribution >= 0.6 is 12.2 Å². The van der Waals surface area contributed by atoms with E-state index in [1.54, 1.807) is 18.3 Å². The van der Waals surface area contributed by atoms with Crippen molar-refractivity contribution in [1.82, 2.24) is 15.6 Å². The molecule has 2 aromatic carbocycles. The van der Waals surface area contributed by atoms with Gasteiger partial charge in [0.1, 0.15) is 18.2 Å². The van der Waals surface area contributed by atoms with E-state index < -0.39 is 6.04 Å². The summed E-state index contributed by atoms with van der Waals surface area (Å²) in [4.78, 5) is 17.4. The number of aromatic nitrogens is 1. The lowest BCUT2D eigenvalue weighted by Gasteiger charge is -2.31. The molecule has 0 unspecified atom stereocenters. The first kappa shape index (κ1) is 20.6. The molecule has 1 atom stereocenters. The van der Waals surface area contributed by atoms with Gasteiger partial charge in [-0.3, -0.25) is 4.79 Å². The first-order chi connectivity index (χ1) is 15.1. The molecule has 1 aliphatic heterocycles. The summed E-state index contributed by atoms with van der Waals surface area (Å²) in [6.45, 7) is 2.26. The van der Waals surface area contributed by atoms with Crippen LogP contribution in [0.5, 0.6) is 5.75 Å². The van der Waals surface area contributed by atoms with E-state index in [9.17, 15) is 4.79 Å². The van der Waals surface area contributed by atoms with E-state index in [1.807, 2.05) is 67.6 Å². The Kier molecular flexibility index (Phi) is 6.24. The number of anilines is 1. The molecule has 4 rings (SSSR count). The number of benzene rings is 2. The topological polar surface area (TPSA) is 75.3 Å². The average molecular weight is 431 g/mol. The lowest BCUT2D eigenvalue weighted by atomic mass is 9.94. The van der Waals surface area contributed by atoms with Gasteiger partial charge in [0, 0.05) is 17.5 Å². The summed E-state index contributed by atoms with van der Waals surface area (Å²) in [6.07, 6.45) is 1.63. The van der Waals surface area contributed by atoms with Gasteiger partial charge in [0.2, 0.25) is 0 Å². The third kappa shape index (κ3) is 4.90. The number of carbonyl (C=O) groups excluding carboxylic acids is 1. The van der Waals surface area contributed by atoms with Gasteiger partial charge in [0.15, 0.2) is 5.11 Å². The number of rotatable bonds is 6. The van der Waals surface area contributed by atoms with E-state index >= 15 is 0 Å². The Morgan fingerprint density at radius 1 is 1.06 bits per heavy atom. The zero-order chi connectivity index (χ0) is 21.6. The first-order valence-electron chi connectivity index (χ1n) is 9.88. The second kappa shape index (κ2) is 9.40. The number of thiocarbonyl (C=S) groups is 1. The zero-order valence-electron chi connectivity index (χ0n) is 17.0. The predicted octanol–water partition coefficient (Wildman–Crippen LogP) is 4.09. The van der Waals surface area contributed by atoms with E-state index in [2.05, 4.69) is 20.9 Å². The van der Waals surface area contributed by atoms with Crippen LogP contribution in [0.2, 0.25) is 0 Å². The highest BCUT2D eigenvalue weighted by atomic mass is 32.1. The van der Waals surface area contributed by atoms with E-state index in [-0.39, 0.29) is 5.91 Å². The molecular weight excluding hydrogens is 408 g/mol. The highest BCUT2D eigenvalue weighted by molar-refractivity contribution is 7.80. The molecular formula is C24H22N4O2S. The largest absolute Gasteiger partial charge is 0.489 e. The van der Waals surface area contributed by atoms with E-state index in [0.29, 0.717) is 34.6 Å². The number of allylic oxidation sites excluding steroid dienone is 1. The van der Waals surface area contributed by atoms with E-state index in [1.165, 1.54) is 0 Å². The second-order valence-electron chi connectivity index (χ2n) is 7.05. The molecule has 0 saturated carbocycles. The van der Waals surface area contributed by atoms with Crippen molar-refractivity contribution < 1.29 is 9.53 Å². The summed E-state index contributed by atoms with van der Waals surface area (Å²) in [5, 5.41) is 9.59. The quantitative estimate of drug-likeness (QED) is 0.512. The predicted molar refractivity (Wildman–Crippen MR) is 124 cm³/mol. The van der Waals surface area contributed by atoms with Gasteiger partial charge in [-0.05, 0) is 42.9 Å². The van der Waals surface area contributed by atoms with Gasteiger partial charge in [-0.25, -0.2) is 4.98 Å². The number of carbonyl (C=O) groups is 1. The average Bonchev–Trinajstić information content (AvgIpc) is 2.78. The van der Waals surface area contributed by atoms with Crippen LogP contribution in [0.1, 0.15) is 24.1 Å². The Morgan fingerprint density at radius 2 is 1.81 bits per heavy atom. The molecule has 0 aliphatic carbocycles. The maximum atomic E-state index is 13.2. The van der Waals surface area contributed by atoms with Crippen LogP contribution < -0.4 is 20.7 Å². The lowest BCUT2D eigenvalue weighted by Crippen LogP contribution is -2.45. The maximum Gasteiger partial charge on any atom is 0.256 e. The fraction of sp³-hybridized carbons (Fsp3) is 0.125. The van der Waals surface area contributed by atoms with Gasteiger partial charge in [-0.2, -0.15) is 0 Å². The molecule has 3 N–H and O–H groups in total. The molecule has 7 heteroatoms. The molecule has 1 amide bonds. The SMILES string of the molecule is CC1=C(C(=O)Nc2ccccn2)[C@@H](c2ccccc2OCc2ccccc2)NC(=S)N1. The molecule has 1 aromatic heterocycles. The molecule has 0 bridgehead atoms. The van der Waals surface area contributed by atoms with Crippen LogP contribution in [0.25, 0.3) is 0 Å². The van der Waals surface area contributed by atoms with Gasteiger partial charge in [-0.15, -0.1) is 0 Å². The first-order valence-corrected chi connectivity index (χ1v) is 10.3. The fourth-order valence-electron chi connectivity index (χ4n) is 3.43. The number of ether oxygens (including phenoxy) is 1. The van der Waals surface area contributed by atoms with Crippen LogP contribution in [0, 0.1) is 0 Å². The summed E-state index contributed by atoms with van der Waals surface area (Å²) in [5.41, 5.74) is 3.09. The van der Waals surface area contributed by atoms with Gasteiger partial charge in [0.25, 0.3) is 5.91 Å². The Balaban J connectivity index is 1.64. The van der Waals surface area contributed by atoms with Crippen molar-refractivity contribution in [3.63, 3.8) is 0 Å². The molecule has 6 nitrogen and oxygen atoms in total. The number of pyridine rings is 1. The van der Waals surface area contributed by atoms with Crippen LogP contribution in [0.3, 0.4) is 0 Å². The second-order valence-corrected chi connectivity index (χ2v) is 7.46. The number of amides is 1. The minimum Gasteiger partial charge on any atom is -0.489 e. The molecule has 0 spiro atoms. The van der Waals surface area contributed by atoms with Gasteiger partial charge < -0.3 is 20.7 Å². The van der Waals surface area contributed by atoms with Gasteiger partial charge in [0.05, 0.1) is 11.6 Å². The third-order valence-corrected chi connectivity index (χ3v) is 5.11. The third-order valence-electron chi connectivity index (χ3n) is 4.89. The van der Waals surface area contributed by atoms with Crippen LogP contribution in [-0.2, 0) is 11.4 Å². The molecule has 2 heterocycles. The number of para-hydroxylation sites is 1. The monoisotopic (exact) mass is 430 g/mol. The lowest BCUT2D eigenvalue weighted by molar-refractivity contribution is -0.113. The Bertz CT molecular complexity index is 1120. The highest BCUT2D eigenvalue weighted by Gasteiger charge is 2.31. The Labute approximate surface area is 186 Å². The van der Waals surface area contributed by atoms with Crippen molar-refractivity contribution in [1.29, 1.82) is 0 Å². The fourth-order valence-corrected chi connectivity index (χ4v) is 3.71. The molecule has 156 valence electrons. The van der Waals surface area contributed by atoms with Gasteiger partial charge in [-0.1, -0.05) is 54.6 Å². The van der Waals surface area contributed by atoms with E-state index in [0.717, 1.165) is 11.1 Å². The summed E-state index contributed by atoms with van der Waals surface area (Å²) in [6, 6.07) is 22.5. The summed E-state index contributed by atoms with van der Waals surface area (Å²) in [5.74, 6) is 0.902. The van der Waals surface area contributed by atoms with Crippen molar-refractivity contribution in [2.24, 2.45) is 0 Å². The van der Waals surface area contributed by atoms with Crippen LogP contribution in [0.4, 0.5) is 5.82 Å². The van der Waals surface area contributed by atoms with E-state index in [4.69, 9.17) is 17.0 Å². The number of nitrogens with zero attached hydrogens (tertiary/aromatic N) is 1. The van der Waals surface area contributed by atoms with Crippen molar-refractivity contribution in [2.45, 2.75) is 19.6 Å². The number of hydrogen-bond donors (Lipinski definition) is 3. The summed E-state index contributed by atoms with van der Waals surface area (Å²) < 4.78 is 6.12. The molecule has 3 aromatic rings. The van der Waals surface area contributed by atoms with Crippen molar-refractivity contribution >= 4 is 29.1 Å². The molecule has 0 saturated heterocycles. The highest BCUT2D eigenvalue weighted by Crippen LogP contribution is 2.34. The molecule has 1 aliphatic rings. The Morgan fingerprint density at radius 3 is 2.58 bits per heavy atom. The van der Waals surface area contributed by atoms with Crippen molar-refractivity contribution in [3.05, 3.63) is 101 Å². The smallest absolute Gasteiger partial charge is 0.256 e. The van der Waals surface area contributed by atoms with Crippen molar-refractivity contribution in [3.8, 4) is 5.75 Å². The van der Waals surface area contributed by atoms with Gasteiger partial charge >= 0.3 is 0 Å².